The van der Waals surface area contributed by atoms with E-state index in [4.69, 9.17) is 14.2 Å². The Morgan fingerprint density at radius 3 is 2.30 bits per heavy atom. The van der Waals surface area contributed by atoms with E-state index < -0.39 is 17.6 Å². The van der Waals surface area contributed by atoms with Gasteiger partial charge in [0.2, 0.25) is 0 Å². The lowest BCUT2D eigenvalue weighted by molar-refractivity contribution is -0.186. The summed E-state index contributed by atoms with van der Waals surface area (Å²) < 4.78 is 17.2. The Hall–Kier alpha value is -1.18. The highest BCUT2D eigenvalue weighted by molar-refractivity contribution is 6.35. The van der Waals surface area contributed by atoms with E-state index in [1.165, 1.54) is 6.42 Å². The lowest BCUT2D eigenvalue weighted by atomic mass is 9.94. The van der Waals surface area contributed by atoms with E-state index in [1.807, 2.05) is 0 Å². The second-order valence-electron chi connectivity index (χ2n) is 6.58. The molecule has 1 saturated carbocycles. The molecular weight excluding hydrogens is 300 g/mol. The van der Waals surface area contributed by atoms with Crippen molar-refractivity contribution in [2.75, 3.05) is 26.3 Å². The number of carbonyl (C=O) groups is 2. The molecule has 2 amide bonds. The van der Waals surface area contributed by atoms with Gasteiger partial charge >= 0.3 is 11.8 Å². The summed E-state index contributed by atoms with van der Waals surface area (Å²) in [6.07, 6.45) is 7.08. The molecule has 130 valence electrons. The molecule has 0 aromatic rings. The van der Waals surface area contributed by atoms with Crippen molar-refractivity contribution in [3.63, 3.8) is 0 Å². The number of rotatable bonds is 4. The summed E-state index contributed by atoms with van der Waals surface area (Å²) in [5.41, 5.74) is 0. The van der Waals surface area contributed by atoms with Crippen LogP contribution in [0, 0.1) is 0 Å². The average molecular weight is 326 g/mol. The molecule has 2 heterocycles. The largest absolute Gasteiger partial charge is 0.376 e. The molecule has 7 nitrogen and oxygen atoms in total. The number of ether oxygens (including phenoxy) is 3. The standard InChI is InChI=1S/C16H26N2O5/c19-14(17-9-12-5-4-8-21-12)15(20)18-10-13-11-22-16(23-13)6-2-1-3-7-16/h12-13H,1-11H2,(H,17,19)(H,18,20)/t12-,13+/m1/s1. The lowest BCUT2D eigenvalue weighted by Crippen LogP contribution is -2.45. The molecule has 0 bridgehead atoms. The van der Waals surface area contributed by atoms with Crippen LogP contribution in [0.5, 0.6) is 0 Å². The van der Waals surface area contributed by atoms with Crippen LogP contribution in [0.1, 0.15) is 44.9 Å². The average Bonchev–Trinajstić information content (AvgIpc) is 3.21. The number of carbonyl (C=O) groups excluding carboxylic acids is 2. The highest BCUT2D eigenvalue weighted by atomic mass is 16.7. The van der Waals surface area contributed by atoms with E-state index in [1.54, 1.807) is 0 Å². The molecule has 2 atom stereocenters. The number of nitrogens with one attached hydrogen (secondary N) is 2. The van der Waals surface area contributed by atoms with Gasteiger partial charge in [-0.3, -0.25) is 9.59 Å². The maximum absolute atomic E-state index is 11.8. The molecule has 2 aliphatic heterocycles. The van der Waals surface area contributed by atoms with Crippen molar-refractivity contribution >= 4 is 11.8 Å². The Morgan fingerprint density at radius 2 is 1.65 bits per heavy atom. The molecule has 3 fully saturated rings. The molecule has 7 heteroatoms. The van der Waals surface area contributed by atoms with Crippen LogP contribution in [-0.4, -0.2) is 56.1 Å². The van der Waals surface area contributed by atoms with Crippen LogP contribution in [0.4, 0.5) is 0 Å². The van der Waals surface area contributed by atoms with Crippen LogP contribution in [0.15, 0.2) is 0 Å². The van der Waals surface area contributed by atoms with Gasteiger partial charge in [-0.05, 0) is 25.7 Å². The highest BCUT2D eigenvalue weighted by Gasteiger charge is 2.42. The molecule has 23 heavy (non-hydrogen) atoms. The fourth-order valence-corrected chi connectivity index (χ4v) is 3.45. The van der Waals surface area contributed by atoms with E-state index in [9.17, 15) is 9.59 Å². The van der Waals surface area contributed by atoms with Crippen molar-refractivity contribution in [3.05, 3.63) is 0 Å². The van der Waals surface area contributed by atoms with Crippen molar-refractivity contribution < 1.29 is 23.8 Å². The first-order chi connectivity index (χ1) is 11.2. The van der Waals surface area contributed by atoms with Gasteiger partial charge in [0.25, 0.3) is 0 Å². The molecule has 2 saturated heterocycles. The topological polar surface area (TPSA) is 85.9 Å². The molecule has 1 spiro atoms. The first-order valence-corrected chi connectivity index (χ1v) is 8.66. The zero-order valence-electron chi connectivity index (χ0n) is 13.5. The van der Waals surface area contributed by atoms with Gasteiger partial charge in [0.05, 0.1) is 12.7 Å². The minimum atomic E-state index is -0.629. The van der Waals surface area contributed by atoms with Gasteiger partial charge in [-0.1, -0.05) is 6.42 Å². The minimum absolute atomic E-state index is 0.0319. The predicted octanol–water partition coefficient (Wildman–Crippen LogP) is 0.474. The van der Waals surface area contributed by atoms with Gasteiger partial charge < -0.3 is 24.8 Å². The predicted molar refractivity (Wildman–Crippen MR) is 81.6 cm³/mol. The van der Waals surface area contributed by atoms with Gasteiger partial charge in [0, 0.05) is 32.5 Å². The van der Waals surface area contributed by atoms with E-state index in [0.29, 0.717) is 19.7 Å². The molecule has 3 aliphatic rings. The molecule has 0 aromatic carbocycles. The van der Waals surface area contributed by atoms with Gasteiger partial charge in [0.15, 0.2) is 5.79 Å². The van der Waals surface area contributed by atoms with Crippen LogP contribution in [0.3, 0.4) is 0 Å². The maximum atomic E-state index is 11.8. The van der Waals surface area contributed by atoms with Crippen molar-refractivity contribution in [1.82, 2.24) is 10.6 Å². The van der Waals surface area contributed by atoms with Crippen molar-refractivity contribution in [1.29, 1.82) is 0 Å². The van der Waals surface area contributed by atoms with Gasteiger partial charge in [-0.15, -0.1) is 0 Å². The third-order valence-electron chi connectivity index (χ3n) is 4.74. The molecule has 0 radical (unpaired) electrons. The third-order valence-corrected chi connectivity index (χ3v) is 4.74. The summed E-state index contributed by atoms with van der Waals surface area (Å²) >= 11 is 0. The summed E-state index contributed by atoms with van der Waals surface area (Å²) in [6.45, 7) is 1.89. The van der Waals surface area contributed by atoms with Crippen LogP contribution < -0.4 is 10.6 Å². The van der Waals surface area contributed by atoms with E-state index in [2.05, 4.69) is 10.6 Å². The van der Waals surface area contributed by atoms with Gasteiger partial charge in [-0.25, -0.2) is 0 Å². The zero-order chi connectivity index (χ0) is 16.1. The van der Waals surface area contributed by atoms with Crippen LogP contribution >= 0.6 is 0 Å². The van der Waals surface area contributed by atoms with Crippen LogP contribution in [0.25, 0.3) is 0 Å². The first-order valence-electron chi connectivity index (χ1n) is 8.66. The van der Waals surface area contributed by atoms with Crippen molar-refractivity contribution in [2.45, 2.75) is 62.9 Å². The first kappa shape index (κ1) is 16.7. The normalized spacial score (nSPS) is 29.6. The fourth-order valence-electron chi connectivity index (χ4n) is 3.45. The number of amides is 2. The number of hydrogen-bond acceptors (Lipinski definition) is 5. The summed E-state index contributed by atoms with van der Waals surface area (Å²) in [5, 5.41) is 5.23. The van der Waals surface area contributed by atoms with Gasteiger partial charge in [0.1, 0.15) is 6.10 Å². The summed E-state index contributed by atoms with van der Waals surface area (Å²) in [6, 6.07) is 0. The Kier molecular flexibility index (Phi) is 5.50. The monoisotopic (exact) mass is 326 g/mol. The Labute approximate surface area is 136 Å². The molecule has 3 rings (SSSR count). The second kappa shape index (κ2) is 7.59. The maximum Gasteiger partial charge on any atom is 0.309 e. The van der Waals surface area contributed by atoms with Crippen molar-refractivity contribution in [2.24, 2.45) is 0 Å². The van der Waals surface area contributed by atoms with E-state index in [0.717, 1.165) is 45.1 Å². The fraction of sp³-hybridized carbons (Fsp3) is 0.875. The Morgan fingerprint density at radius 1 is 0.957 bits per heavy atom. The zero-order valence-corrected chi connectivity index (χ0v) is 13.5. The minimum Gasteiger partial charge on any atom is -0.376 e. The van der Waals surface area contributed by atoms with Crippen molar-refractivity contribution in [3.8, 4) is 0 Å². The highest BCUT2D eigenvalue weighted by Crippen LogP contribution is 2.37. The molecule has 0 aromatic heterocycles. The third kappa shape index (κ3) is 4.43. The Balaban J connectivity index is 1.34. The van der Waals surface area contributed by atoms with Crippen LogP contribution in [0.2, 0.25) is 0 Å². The number of hydrogen-bond donors (Lipinski definition) is 2. The van der Waals surface area contributed by atoms with Gasteiger partial charge in [-0.2, -0.15) is 0 Å². The summed E-state index contributed by atoms with van der Waals surface area (Å²) in [7, 11) is 0. The second-order valence-corrected chi connectivity index (χ2v) is 6.58. The molecular formula is C16H26N2O5. The quantitative estimate of drug-likeness (QED) is 0.734. The summed E-state index contributed by atoms with van der Waals surface area (Å²) in [5.74, 6) is -1.70. The Bertz CT molecular complexity index is 430. The van der Waals surface area contributed by atoms with E-state index in [-0.39, 0.29) is 12.2 Å². The smallest absolute Gasteiger partial charge is 0.309 e. The molecule has 1 aliphatic carbocycles. The lowest BCUT2D eigenvalue weighted by Gasteiger charge is -2.31. The van der Waals surface area contributed by atoms with E-state index >= 15 is 0 Å². The molecule has 0 unspecified atom stereocenters. The summed E-state index contributed by atoms with van der Waals surface area (Å²) in [4.78, 5) is 23.6. The molecule has 2 N–H and O–H groups in total. The van der Waals surface area contributed by atoms with Crippen LogP contribution in [-0.2, 0) is 23.8 Å². The SMILES string of the molecule is O=C(NC[C@H]1CCCO1)C(=O)NC[C@H]1COC2(CCCCC2)O1.